The number of hydrogen-bond donors (Lipinski definition) is 1. The second kappa shape index (κ2) is 3.01. The molecule has 0 aliphatic heterocycles. The van der Waals surface area contributed by atoms with Crippen molar-refractivity contribution in [3.05, 3.63) is 42.0 Å². The summed E-state index contributed by atoms with van der Waals surface area (Å²) in [6.07, 6.45) is 1.75. The van der Waals surface area contributed by atoms with Gasteiger partial charge in [-0.25, -0.2) is 9.37 Å². The van der Waals surface area contributed by atoms with Gasteiger partial charge < -0.3 is 4.98 Å². The van der Waals surface area contributed by atoms with Crippen molar-refractivity contribution in [3.63, 3.8) is 0 Å². The summed E-state index contributed by atoms with van der Waals surface area (Å²) >= 11 is 0. The van der Waals surface area contributed by atoms with Crippen molar-refractivity contribution >= 4 is 0 Å². The Morgan fingerprint density at radius 2 is 2.08 bits per heavy atom. The molecule has 0 amide bonds. The van der Waals surface area contributed by atoms with E-state index < -0.39 is 0 Å². The van der Waals surface area contributed by atoms with Gasteiger partial charge in [0.1, 0.15) is 11.6 Å². The lowest BCUT2D eigenvalue weighted by atomic mass is 10.2. The van der Waals surface area contributed by atoms with Crippen molar-refractivity contribution in [1.82, 2.24) is 9.97 Å². The molecule has 66 valence electrons. The molecule has 0 saturated carbocycles. The molecule has 1 aromatic heterocycles. The minimum atomic E-state index is -0.253. The first kappa shape index (κ1) is 7.98. The molecule has 2 nitrogen and oxygen atoms in total. The Kier molecular flexibility index (Phi) is 1.85. The van der Waals surface area contributed by atoms with Gasteiger partial charge in [0.05, 0.1) is 11.3 Å². The molecule has 0 fully saturated rings. The van der Waals surface area contributed by atoms with Crippen LogP contribution in [0.5, 0.6) is 0 Å². The fourth-order valence-corrected chi connectivity index (χ4v) is 1.20. The average Bonchev–Trinajstić information content (AvgIpc) is 2.53. The van der Waals surface area contributed by atoms with Crippen LogP contribution in [-0.4, -0.2) is 9.97 Å². The SMILES string of the molecule is Cc1c[nH]c(-c2ccccc2F)n1. The van der Waals surface area contributed by atoms with Crippen molar-refractivity contribution < 1.29 is 4.39 Å². The Bertz CT molecular complexity index is 420. The van der Waals surface area contributed by atoms with E-state index >= 15 is 0 Å². The highest BCUT2D eigenvalue weighted by atomic mass is 19.1. The van der Waals surface area contributed by atoms with Gasteiger partial charge in [0.25, 0.3) is 0 Å². The topological polar surface area (TPSA) is 28.7 Å². The van der Waals surface area contributed by atoms with E-state index in [2.05, 4.69) is 9.97 Å². The van der Waals surface area contributed by atoms with Crippen LogP contribution in [0.1, 0.15) is 5.69 Å². The molecule has 2 aromatic rings. The number of nitrogens with zero attached hydrogens (tertiary/aromatic N) is 1. The quantitative estimate of drug-likeness (QED) is 0.710. The first-order valence-corrected chi connectivity index (χ1v) is 4.04. The lowest BCUT2D eigenvalue weighted by molar-refractivity contribution is 0.630. The van der Waals surface area contributed by atoms with Gasteiger partial charge in [0.2, 0.25) is 0 Å². The summed E-state index contributed by atoms with van der Waals surface area (Å²) in [7, 11) is 0. The molecule has 0 bridgehead atoms. The molecule has 0 atom stereocenters. The van der Waals surface area contributed by atoms with Gasteiger partial charge >= 0.3 is 0 Å². The molecule has 0 spiro atoms. The predicted molar refractivity (Wildman–Crippen MR) is 48.7 cm³/mol. The van der Waals surface area contributed by atoms with Crippen molar-refractivity contribution in [2.75, 3.05) is 0 Å². The monoisotopic (exact) mass is 176 g/mol. The van der Waals surface area contributed by atoms with Crippen molar-refractivity contribution in [2.45, 2.75) is 6.92 Å². The third-order valence-corrected chi connectivity index (χ3v) is 1.83. The Morgan fingerprint density at radius 3 is 2.69 bits per heavy atom. The third kappa shape index (κ3) is 1.45. The summed E-state index contributed by atoms with van der Waals surface area (Å²) in [4.78, 5) is 7.06. The molecule has 0 aliphatic carbocycles. The number of imidazole rings is 1. The van der Waals surface area contributed by atoms with Crippen LogP contribution in [0.2, 0.25) is 0 Å². The zero-order valence-corrected chi connectivity index (χ0v) is 7.21. The van der Waals surface area contributed by atoms with E-state index in [4.69, 9.17) is 0 Å². The molecule has 0 saturated heterocycles. The Balaban J connectivity index is 2.52. The van der Waals surface area contributed by atoms with Crippen LogP contribution < -0.4 is 0 Å². The first-order valence-electron chi connectivity index (χ1n) is 4.04. The fraction of sp³-hybridized carbons (Fsp3) is 0.100. The number of rotatable bonds is 1. The van der Waals surface area contributed by atoms with Gasteiger partial charge in [-0.05, 0) is 19.1 Å². The highest BCUT2D eigenvalue weighted by molar-refractivity contribution is 5.55. The molecule has 2 rings (SSSR count). The summed E-state index contributed by atoms with van der Waals surface area (Å²) < 4.78 is 13.2. The summed E-state index contributed by atoms with van der Waals surface area (Å²) in [6.45, 7) is 1.86. The smallest absolute Gasteiger partial charge is 0.140 e. The Labute approximate surface area is 75.4 Å². The number of nitrogens with one attached hydrogen (secondary N) is 1. The molecule has 1 heterocycles. The maximum absolute atomic E-state index is 13.2. The number of H-pyrrole nitrogens is 1. The Hall–Kier alpha value is -1.64. The number of benzene rings is 1. The maximum atomic E-state index is 13.2. The van der Waals surface area contributed by atoms with Gasteiger partial charge in [-0.3, -0.25) is 0 Å². The van der Waals surface area contributed by atoms with Gasteiger partial charge in [-0.15, -0.1) is 0 Å². The van der Waals surface area contributed by atoms with Gasteiger partial charge in [-0.2, -0.15) is 0 Å². The molecule has 13 heavy (non-hydrogen) atoms. The predicted octanol–water partition coefficient (Wildman–Crippen LogP) is 2.52. The standard InChI is InChI=1S/C10H9FN2/c1-7-6-12-10(13-7)8-4-2-3-5-9(8)11/h2-6H,1H3,(H,12,13). The zero-order valence-electron chi connectivity index (χ0n) is 7.21. The Morgan fingerprint density at radius 1 is 1.31 bits per heavy atom. The van der Waals surface area contributed by atoms with Crippen LogP contribution in [0.3, 0.4) is 0 Å². The van der Waals surface area contributed by atoms with Crippen molar-refractivity contribution in [1.29, 1.82) is 0 Å². The molecule has 0 aliphatic rings. The van der Waals surface area contributed by atoms with E-state index in [-0.39, 0.29) is 5.82 Å². The second-order valence-corrected chi connectivity index (χ2v) is 2.87. The van der Waals surface area contributed by atoms with Crippen LogP contribution in [0.25, 0.3) is 11.4 Å². The van der Waals surface area contributed by atoms with E-state index in [1.54, 1.807) is 24.4 Å². The molecule has 0 unspecified atom stereocenters. The highest BCUT2D eigenvalue weighted by Crippen LogP contribution is 2.18. The lowest BCUT2D eigenvalue weighted by Gasteiger charge is -1.96. The third-order valence-electron chi connectivity index (χ3n) is 1.83. The maximum Gasteiger partial charge on any atom is 0.140 e. The summed E-state index contributed by atoms with van der Waals surface area (Å²) in [5.41, 5.74) is 1.37. The van der Waals surface area contributed by atoms with E-state index in [0.29, 0.717) is 11.4 Å². The van der Waals surface area contributed by atoms with E-state index in [0.717, 1.165) is 5.69 Å². The molecule has 3 heteroatoms. The number of aryl methyl sites for hydroxylation is 1. The summed E-state index contributed by atoms with van der Waals surface area (Å²) in [5, 5.41) is 0. The molecule has 0 radical (unpaired) electrons. The second-order valence-electron chi connectivity index (χ2n) is 2.87. The number of aromatic nitrogens is 2. The average molecular weight is 176 g/mol. The fourth-order valence-electron chi connectivity index (χ4n) is 1.20. The van der Waals surface area contributed by atoms with Gasteiger partial charge in [0.15, 0.2) is 0 Å². The lowest BCUT2D eigenvalue weighted by Crippen LogP contribution is -1.85. The van der Waals surface area contributed by atoms with Crippen LogP contribution in [-0.2, 0) is 0 Å². The first-order chi connectivity index (χ1) is 6.27. The minimum Gasteiger partial charge on any atom is -0.344 e. The number of halogens is 1. The van der Waals surface area contributed by atoms with Gasteiger partial charge in [0, 0.05) is 6.20 Å². The number of hydrogen-bond acceptors (Lipinski definition) is 1. The largest absolute Gasteiger partial charge is 0.344 e. The van der Waals surface area contributed by atoms with Crippen molar-refractivity contribution in [2.24, 2.45) is 0 Å². The van der Waals surface area contributed by atoms with Crippen LogP contribution >= 0.6 is 0 Å². The van der Waals surface area contributed by atoms with E-state index in [9.17, 15) is 4.39 Å². The number of aromatic amines is 1. The molecular formula is C10H9FN2. The van der Waals surface area contributed by atoms with Gasteiger partial charge in [-0.1, -0.05) is 12.1 Å². The zero-order chi connectivity index (χ0) is 9.26. The van der Waals surface area contributed by atoms with E-state index in [1.807, 2.05) is 6.92 Å². The van der Waals surface area contributed by atoms with Crippen LogP contribution in [0.4, 0.5) is 4.39 Å². The molecular weight excluding hydrogens is 167 g/mol. The summed E-state index contributed by atoms with van der Waals surface area (Å²) in [5.74, 6) is 0.326. The van der Waals surface area contributed by atoms with Crippen LogP contribution in [0, 0.1) is 12.7 Å². The molecule has 1 aromatic carbocycles. The molecule has 1 N–H and O–H groups in total. The normalized spacial score (nSPS) is 10.3. The van der Waals surface area contributed by atoms with Crippen molar-refractivity contribution in [3.8, 4) is 11.4 Å². The summed E-state index contributed by atoms with van der Waals surface area (Å²) in [6, 6.07) is 6.58. The van der Waals surface area contributed by atoms with Crippen LogP contribution in [0.15, 0.2) is 30.5 Å². The highest BCUT2D eigenvalue weighted by Gasteiger charge is 2.05. The minimum absolute atomic E-state index is 0.253. The van der Waals surface area contributed by atoms with E-state index in [1.165, 1.54) is 6.07 Å².